The van der Waals surface area contributed by atoms with Gasteiger partial charge >= 0.3 is 5.97 Å². The SMILES string of the molecule is CC(C)(F)[C@@H]1COc2cccc([C@@H](C(=O)O)N3CC[C@@H](OCCCCc4ccc5c(n4)NCCC5)C3)c2C1. The van der Waals surface area contributed by atoms with E-state index in [0.29, 0.717) is 44.0 Å². The lowest BCUT2D eigenvalue weighted by molar-refractivity contribution is -0.143. The average Bonchev–Trinajstić information content (AvgIpc) is 3.36. The molecule has 3 aliphatic heterocycles. The molecule has 8 heteroatoms. The highest BCUT2D eigenvalue weighted by Gasteiger charge is 2.39. The van der Waals surface area contributed by atoms with Crippen LogP contribution < -0.4 is 10.1 Å². The molecule has 4 heterocycles. The van der Waals surface area contributed by atoms with E-state index in [-0.39, 0.29) is 12.0 Å². The van der Waals surface area contributed by atoms with Crippen LogP contribution in [0, 0.1) is 5.92 Å². The van der Waals surface area contributed by atoms with Crippen LogP contribution in [0.1, 0.15) is 68.0 Å². The number of carboxylic acids is 1. The summed E-state index contributed by atoms with van der Waals surface area (Å²) in [6, 6.07) is 9.08. The first-order chi connectivity index (χ1) is 18.3. The third kappa shape index (κ3) is 6.12. The van der Waals surface area contributed by atoms with Crippen LogP contribution in [0.5, 0.6) is 5.75 Å². The van der Waals surface area contributed by atoms with Crippen molar-refractivity contribution < 1.29 is 23.8 Å². The second kappa shape index (κ2) is 11.6. The fourth-order valence-corrected chi connectivity index (χ4v) is 5.91. The van der Waals surface area contributed by atoms with Crippen molar-refractivity contribution in [2.24, 2.45) is 5.92 Å². The molecule has 0 unspecified atom stereocenters. The Hall–Kier alpha value is -2.71. The summed E-state index contributed by atoms with van der Waals surface area (Å²) in [5.74, 6) is 0.505. The first-order valence-corrected chi connectivity index (χ1v) is 14.0. The predicted molar refractivity (Wildman–Crippen MR) is 145 cm³/mol. The number of pyridine rings is 1. The molecule has 38 heavy (non-hydrogen) atoms. The number of hydrogen-bond donors (Lipinski definition) is 2. The lowest BCUT2D eigenvalue weighted by Gasteiger charge is -2.35. The van der Waals surface area contributed by atoms with Crippen LogP contribution in [0.2, 0.25) is 0 Å². The van der Waals surface area contributed by atoms with Crippen molar-refractivity contribution in [2.75, 3.05) is 38.2 Å². The van der Waals surface area contributed by atoms with Crippen molar-refractivity contribution >= 4 is 11.8 Å². The van der Waals surface area contributed by atoms with Gasteiger partial charge in [-0.1, -0.05) is 18.2 Å². The first-order valence-electron chi connectivity index (χ1n) is 14.0. The molecule has 5 rings (SSSR count). The minimum Gasteiger partial charge on any atom is -0.493 e. The van der Waals surface area contributed by atoms with E-state index in [4.69, 9.17) is 14.5 Å². The van der Waals surface area contributed by atoms with Gasteiger partial charge in [0.15, 0.2) is 0 Å². The molecule has 0 radical (unpaired) electrons. The van der Waals surface area contributed by atoms with Gasteiger partial charge in [0.1, 0.15) is 23.3 Å². The maximum absolute atomic E-state index is 14.7. The molecule has 2 aromatic rings. The number of likely N-dealkylation sites (tertiary alicyclic amines) is 1. The highest BCUT2D eigenvalue weighted by atomic mass is 19.1. The van der Waals surface area contributed by atoms with Gasteiger partial charge in [-0.3, -0.25) is 9.69 Å². The summed E-state index contributed by atoms with van der Waals surface area (Å²) < 4.78 is 26.7. The van der Waals surface area contributed by atoms with Crippen molar-refractivity contribution in [3.8, 4) is 5.75 Å². The zero-order valence-corrected chi connectivity index (χ0v) is 22.5. The third-order valence-corrected chi connectivity index (χ3v) is 8.23. The molecule has 2 N–H and O–H groups in total. The number of fused-ring (bicyclic) bond motifs is 2. The molecule has 0 spiro atoms. The molecule has 7 nitrogen and oxygen atoms in total. The Labute approximate surface area is 224 Å². The minimum atomic E-state index is -1.40. The van der Waals surface area contributed by atoms with Crippen LogP contribution >= 0.6 is 0 Å². The quantitative estimate of drug-likeness (QED) is 0.424. The van der Waals surface area contributed by atoms with E-state index in [1.54, 1.807) is 13.8 Å². The number of carboxylic acid groups (broad SMARTS) is 1. The average molecular weight is 526 g/mol. The van der Waals surface area contributed by atoms with Crippen LogP contribution in [0.15, 0.2) is 30.3 Å². The van der Waals surface area contributed by atoms with E-state index < -0.39 is 17.7 Å². The molecule has 3 atom stereocenters. The van der Waals surface area contributed by atoms with E-state index in [9.17, 15) is 14.3 Å². The number of hydrogen-bond acceptors (Lipinski definition) is 6. The van der Waals surface area contributed by atoms with Crippen LogP contribution in [-0.2, 0) is 28.8 Å². The van der Waals surface area contributed by atoms with Gasteiger partial charge in [0, 0.05) is 43.4 Å². The number of alkyl halides is 1. The largest absolute Gasteiger partial charge is 0.493 e. The number of benzene rings is 1. The Bertz CT molecular complexity index is 1130. The topological polar surface area (TPSA) is 83.9 Å². The fraction of sp³-hybridized carbons (Fsp3) is 0.600. The number of aryl methyl sites for hydroxylation is 2. The number of rotatable bonds is 10. The summed E-state index contributed by atoms with van der Waals surface area (Å²) in [7, 11) is 0. The molecule has 0 aliphatic carbocycles. The number of aliphatic carboxylic acids is 1. The van der Waals surface area contributed by atoms with E-state index >= 15 is 0 Å². The van der Waals surface area contributed by atoms with Crippen LogP contribution in [0.3, 0.4) is 0 Å². The maximum Gasteiger partial charge on any atom is 0.325 e. The molecule has 0 saturated carbocycles. The summed E-state index contributed by atoms with van der Waals surface area (Å²) in [6.07, 6.45) is 6.41. The number of anilines is 1. The van der Waals surface area contributed by atoms with Crippen molar-refractivity contribution in [2.45, 2.75) is 76.6 Å². The lowest BCUT2D eigenvalue weighted by atomic mass is 9.82. The van der Waals surface area contributed by atoms with Crippen LogP contribution in [0.25, 0.3) is 0 Å². The Morgan fingerprint density at radius 3 is 3.00 bits per heavy atom. The molecule has 1 saturated heterocycles. The molecule has 1 fully saturated rings. The van der Waals surface area contributed by atoms with Crippen LogP contribution in [-0.4, -0.2) is 65.6 Å². The summed E-state index contributed by atoms with van der Waals surface area (Å²) in [6.45, 7) is 6.29. The Balaban J connectivity index is 1.14. The highest BCUT2D eigenvalue weighted by Crippen LogP contribution is 2.39. The number of ether oxygens (including phenoxy) is 2. The number of unbranched alkanes of at least 4 members (excludes halogenated alkanes) is 1. The fourth-order valence-electron chi connectivity index (χ4n) is 5.91. The second-order valence-electron chi connectivity index (χ2n) is 11.4. The highest BCUT2D eigenvalue weighted by molar-refractivity contribution is 5.76. The maximum atomic E-state index is 14.7. The molecular formula is C30H40FN3O4. The summed E-state index contributed by atoms with van der Waals surface area (Å²) in [4.78, 5) is 19.2. The van der Waals surface area contributed by atoms with Gasteiger partial charge in [-0.15, -0.1) is 0 Å². The van der Waals surface area contributed by atoms with E-state index in [0.717, 1.165) is 62.1 Å². The molecule has 3 aliphatic rings. The van der Waals surface area contributed by atoms with Gasteiger partial charge < -0.3 is 19.9 Å². The zero-order chi connectivity index (χ0) is 26.7. The summed E-state index contributed by atoms with van der Waals surface area (Å²) in [5.41, 5.74) is 2.54. The van der Waals surface area contributed by atoms with Crippen molar-refractivity contribution in [1.82, 2.24) is 9.88 Å². The second-order valence-corrected chi connectivity index (χ2v) is 11.4. The van der Waals surface area contributed by atoms with Crippen LogP contribution in [0.4, 0.5) is 10.2 Å². The molecule has 1 aromatic heterocycles. The molecule has 206 valence electrons. The summed E-state index contributed by atoms with van der Waals surface area (Å²) in [5, 5.41) is 13.6. The number of nitrogens with one attached hydrogen (secondary N) is 1. The van der Waals surface area contributed by atoms with Crippen molar-refractivity contribution in [3.05, 3.63) is 52.7 Å². The minimum absolute atomic E-state index is 0.0104. The smallest absolute Gasteiger partial charge is 0.325 e. The monoisotopic (exact) mass is 525 g/mol. The van der Waals surface area contributed by atoms with Gasteiger partial charge in [0.2, 0.25) is 0 Å². The normalized spacial score (nSPS) is 22.2. The van der Waals surface area contributed by atoms with E-state index in [2.05, 4.69) is 17.4 Å². The van der Waals surface area contributed by atoms with Gasteiger partial charge in [0.05, 0.1) is 12.7 Å². The standard InChI is InChI=1S/C30H40FN3O4/c1-30(2,31)21-17-25-24(9-5-10-26(25)38-19-21)27(29(35)36)34-15-13-23(18-34)37-16-4-3-8-22-12-11-20-7-6-14-32-28(20)33-22/h5,9-12,21,23,27H,3-4,6-8,13-19H2,1-2H3,(H,32,33)(H,35,36)/t21-,23+,27-/m0/s1. The zero-order valence-electron chi connectivity index (χ0n) is 22.5. The molecule has 0 bridgehead atoms. The number of aromatic nitrogens is 1. The van der Waals surface area contributed by atoms with Gasteiger partial charge in [-0.05, 0) is 82.1 Å². The summed E-state index contributed by atoms with van der Waals surface area (Å²) >= 11 is 0. The molecule has 0 amide bonds. The Morgan fingerprint density at radius 1 is 1.32 bits per heavy atom. The Morgan fingerprint density at radius 2 is 2.18 bits per heavy atom. The molecule has 1 aromatic carbocycles. The van der Waals surface area contributed by atoms with Gasteiger partial charge in [-0.25, -0.2) is 9.37 Å². The first kappa shape index (κ1) is 26.9. The Kier molecular flexibility index (Phi) is 8.19. The van der Waals surface area contributed by atoms with Gasteiger partial charge in [0.25, 0.3) is 0 Å². The molecular weight excluding hydrogens is 485 g/mol. The number of halogens is 1. The van der Waals surface area contributed by atoms with Crippen molar-refractivity contribution in [3.63, 3.8) is 0 Å². The predicted octanol–water partition coefficient (Wildman–Crippen LogP) is 4.98. The number of carbonyl (C=O) groups is 1. The van der Waals surface area contributed by atoms with Crippen molar-refractivity contribution in [1.29, 1.82) is 0 Å². The third-order valence-electron chi connectivity index (χ3n) is 8.23. The van der Waals surface area contributed by atoms with E-state index in [1.807, 2.05) is 23.1 Å². The van der Waals surface area contributed by atoms with E-state index in [1.165, 1.54) is 5.56 Å². The number of nitrogens with zero attached hydrogens (tertiary/aromatic N) is 2. The lowest BCUT2D eigenvalue weighted by Crippen LogP contribution is -2.38. The van der Waals surface area contributed by atoms with Gasteiger partial charge in [-0.2, -0.15) is 0 Å².